The Balaban J connectivity index is 1.42. The average Bonchev–Trinajstić information content (AvgIpc) is 2.83. The first kappa shape index (κ1) is 23.8. The van der Waals surface area contributed by atoms with Crippen molar-refractivity contribution in [2.24, 2.45) is 11.7 Å². The Hall–Kier alpha value is -3.36. The number of aliphatic hydroxyl groups is 1. The van der Waals surface area contributed by atoms with Gasteiger partial charge < -0.3 is 29.6 Å². The number of rotatable bonds is 8. The van der Waals surface area contributed by atoms with Crippen molar-refractivity contribution < 1.29 is 23.8 Å². The number of ether oxygens (including phenoxy) is 2. The zero-order valence-corrected chi connectivity index (χ0v) is 19.5. The van der Waals surface area contributed by atoms with Crippen molar-refractivity contribution in [2.45, 2.75) is 25.9 Å². The lowest BCUT2D eigenvalue weighted by Crippen LogP contribution is -2.43. The van der Waals surface area contributed by atoms with E-state index in [0.29, 0.717) is 53.2 Å². The largest absolute Gasteiger partial charge is 0.497 e. The van der Waals surface area contributed by atoms with Crippen LogP contribution >= 0.6 is 0 Å². The maximum absolute atomic E-state index is 13.2. The number of carbonyl (C=O) groups is 1. The number of nitrogens with two attached hydrogens (primary N) is 1. The van der Waals surface area contributed by atoms with Crippen molar-refractivity contribution >= 4 is 16.9 Å². The number of primary amides is 1. The van der Waals surface area contributed by atoms with Gasteiger partial charge in [0.15, 0.2) is 0 Å². The van der Waals surface area contributed by atoms with E-state index >= 15 is 0 Å². The molecule has 0 spiro atoms. The van der Waals surface area contributed by atoms with E-state index in [0.717, 1.165) is 18.7 Å². The van der Waals surface area contributed by atoms with Crippen LogP contribution < -0.4 is 20.6 Å². The van der Waals surface area contributed by atoms with Crippen LogP contribution in [0.5, 0.6) is 11.5 Å². The third-order valence-corrected chi connectivity index (χ3v) is 6.32. The normalized spacial score (nSPS) is 15.9. The average molecular weight is 467 g/mol. The molecule has 2 aromatic carbocycles. The predicted molar refractivity (Wildman–Crippen MR) is 129 cm³/mol. The molecule has 8 nitrogen and oxygen atoms in total. The Labute approximate surface area is 197 Å². The molecule has 1 fully saturated rings. The Bertz CT molecular complexity index is 1210. The fourth-order valence-electron chi connectivity index (χ4n) is 4.41. The summed E-state index contributed by atoms with van der Waals surface area (Å²) in [4.78, 5) is 26.6. The van der Waals surface area contributed by atoms with Gasteiger partial charge in [-0.15, -0.1) is 0 Å². The van der Waals surface area contributed by atoms with Crippen molar-refractivity contribution in [3.63, 3.8) is 0 Å². The van der Waals surface area contributed by atoms with E-state index in [1.807, 2.05) is 12.1 Å². The number of nitrogens with zero attached hydrogens (tertiary/aromatic N) is 1. The van der Waals surface area contributed by atoms with Crippen LogP contribution in [0.4, 0.5) is 0 Å². The molecule has 3 N–H and O–H groups in total. The molecular formula is C26H30N2O6. The molecule has 0 aliphatic carbocycles. The third kappa shape index (κ3) is 5.24. The smallest absolute Gasteiger partial charge is 0.220 e. The first-order valence-corrected chi connectivity index (χ1v) is 11.4. The SMILES string of the molecule is COc1ccc(-c2c(C)oc3cc(OC[C@@H](O)CN4CCC(C(N)=O)CC4)ccc3c2=O)cc1. The number of likely N-dealkylation sites (tertiary alicyclic amines) is 1. The zero-order valence-electron chi connectivity index (χ0n) is 19.5. The summed E-state index contributed by atoms with van der Waals surface area (Å²) in [5.74, 6) is 1.41. The molecule has 3 aromatic rings. The molecular weight excluding hydrogens is 436 g/mol. The number of methoxy groups -OCH3 is 1. The molecule has 0 bridgehead atoms. The van der Waals surface area contributed by atoms with Gasteiger partial charge >= 0.3 is 0 Å². The molecule has 34 heavy (non-hydrogen) atoms. The summed E-state index contributed by atoms with van der Waals surface area (Å²) in [6, 6.07) is 12.3. The van der Waals surface area contributed by atoms with Crippen LogP contribution in [0.2, 0.25) is 0 Å². The highest BCUT2D eigenvalue weighted by atomic mass is 16.5. The predicted octanol–water partition coefficient (Wildman–Crippen LogP) is 2.71. The van der Waals surface area contributed by atoms with E-state index in [2.05, 4.69) is 4.90 Å². The summed E-state index contributed by atoms with van der Waals surface area (Å²) >= 11 is 0. The summed E-state index contributed by atoms with van der Waals surface area (Å²) in [5.41, 5.74) is 6.96. The Morgan fingerprint density at radius 2 is 1.85 bits per heavy atom. The Morgan fingerprint density at radius 1 is 1.18 bits per heavy atom. The molecule has 1 atom stereocenters. The Kier molecular flexibility index (Phi) is 7.19. The van der Waals surface area contributed by atoms with E-state index in [4.69, 9.17) is 19.6 Å². The highest BCUT2D eigenvalue weighted by Gasteiger charge is 2.24. The van der Waals surface area contributed by atoms with E-state index in [1.54, 1.807) is 44.4 Å². The number of hydrogen-bond acceptors (Lipinski definition) is 7. The molecule has 1 aromatic heterocycles. The molecule has 1 aliphatic heterocycles. The van der Waals surface area contributed by atoms with Gasteiger partial charge in [0.05, 0.1) is 18.1 Å². The molecule has 8 heteroatoms. The highest BCUT2D eigenvalue weighted by molar-refractivity contribution is 5.83. The summed E-state index contributed by atoms with van der Waals surface area (Å²) in [6.07, 6.45) is 0.738. The van der Waals surface area contributed by atoms with Gasteiger partial charge in [0, 0.05) is 18.5 Å². The van der Waals surface area contributed by atoms with E-state index in [9.17, 15) is 14.7 Å². The summed E-state index contributed by atoms with van der Waals surface area (Å²) < 4.78 is 16.9. The van der Waals surface area contributed by atoms with Crippen LogP contribution in [0.3, 0.4) is 0 Å². The maximum atomic E-state index is 13.2. The van der Waals surface area contributed by atoms with Gasteiger partial charge in [-0.05, 0) is 62.7 Å². The fourth-order valence-corrected chi connectivity index (χ4v) is 4.41. The number of piperidine rings is 1. The molecule has 1 aliphatic rings. The zero-order chi connectivity index (χ0) is 24.2. The van der Waals surface area contributed by atoms with Crippen LogP contribution in [0.15, 0.2) is 51.7 Å². The quantitative estimate of drug-likeness (QED) is 0.524. The number of benzene rings is 2. The second kappa shape index (κ2) is 10.3. The number of fused-ring (bicyclic) bond motifs is 1. The van der Waals surface area contributed by atoms with Gasteiger partial charge in [0.2, 0.25) is 11.3 Å². The van der Waals surface area contributed by atoms with Gasteiger partial charge in [-0.25, -0.2) is 0 Å². The Morgan fingerprint density at radius 3 is 2.50 bits per heavy atom. The van der Waals surface area contributed by atoms with E-state index < -0.39 is 6.10 Å². The van der Waals surface area contributed by atoms with Gasteiger partial charge in [-0.1, -0.05) is 12.1 Å². The lowest BCUT2D eigenvalue weighted by atomic mass is 9.96. The topological polar surface area (TPSA) is 115 Å². The lowest BCUT2D eigenvalue weighted by molar-refractivity contribution is -0.123. The van der Waals surface area contributed by atoms with Crippen LogP contribution in [0, 0.1) is 12.8 Å². The van der Waals surface area contributed by atoms with Gasteiger partial charge in [-0.3, -0.25) is 9.59 Å². The number of aryl methyl sites for hydroxylation is 1. The lowest BCUT2D eigenvalue weighted by Gasteiger charge is -2.31. The summed E-state index contributed by atoms with van der Waals surface area (Å²) in [5, 5.41) is 10.9. The molecule has 0 radical (unpaired) electrons. The second-order valence-corrected chi connectivity index (χ2v) is 8.69. The number of aliphatic hydroxyl groups excluding tert-OH is 1. The van der Waals surface area contributed by atoms with Crippen molar-refractivity contribution in [3.8, 4) is 22.6 Å². The van der Waals surface area contributed by atoms with Crippen LogP contribution in [0.25, 0.3) is 22.1 Å². The number of carbonyl (C=O) groups excluding carboxylic acids is 1. The highest BCUT2D eigenvalue weighted by Crippen LogP contribution is 2.27. The molecule has 2 heterocycles. The second-order valence-electron chi connectivity index (χ2n) is 8.69. The third-order valence-electron chi connectivity index (χ3n) is 6.32. The van der Waals surface area contributed by atoms with Crippen molar-refractivity contribution in [1.82, 2.24) is 4.90 Å². The number of amides is 1. The molecule has 180 valence electrons. The number of β-amino-alcohol motifs (C(OH)–C–C–N with tert-alkyl or cyclic N) is 1. The molecule has 1 amide bonds. The van der Waals surface area contributed by atoms with Crippen molar-refractivity contribution in [2.75, 3.05) is 33.4 Å². The molecule has 4 rings (SSSR count). The van der Waals surface area contributed by atoms with Crippen LogP contribution in [0.1, 0.15) is 18.6 Å². The maximum Gasteiger partial charge on any atom is 0.220 e. The van der Waals surface area contributed by atoms with Gasteiger partial charge in [-0.2, -0.15) is 0 Å². The van der Waals surface area contributed by atoms with Crippen molar-refractivity contribution in [3.05, 3.63) is 58.4 Å². The van der Waals surface area contributed by atoms with E-state index in [1.165, 1.54) is 0 Å². The van der Waals surface area contributed by atoms with Crippen LogP contribution in [-0.2, 0) is 4.79 Å². The number of hydrogen-bond donors (Lipinski definition) is 2. The molecule has 0 saturated carbocycles. The molecule has 0 unspecified atom stereocenters. The first-order chi connectivity index (χ1) is 16.4. The minimum absolute atomic E-state index is 0.0782. The fraction of sp³-hybridized carbons (Fsp3) is 0.385. The first-order valence-electron chi connectivity index (χ1n) is 11.4. The minimum Gasteiger partial charge on any atom is -0.497 e. The summed E-state index contributed by atoms with van der Waals surface area (Å²) in [6.45, 7) is 3.77. The van der Waals surface area contributed by atoms with Gasteiger partial charge in [0.1, 0.15) is 35.6 Å². The van der Waals surface area contributed by atoms with Gasteiger partial charge in [0.25, 0.3) is 0 Å². The minimum atomic E-state index is -0.688. The standard InChI is InChI=1S/C26H30N2O6/c1-16-24(17-3-5-20(32-2)6-4-17)25(30)22-8-7-21(13-23(22)34-16)33-15-19(29)14-28-11-9-18(10-12-28)26(27)31/h3-8,13,18-19,29H,9-12,14-15H2,1-2H3,(H2,27,31)/t19-/m0/s1. The van der Waals surface area contributed by atoms with Crippen molar-refractivity contribution in [1.29, 1.82) is 0 Å². The van der Waals surface area contributed by atoms with E-state index in [-0.39, 0.29) is 23.9 Å². The molecule has 1 saturated heterocycles. The monoisotopic (exact) mass is 466 g/mol. The summed E-state index contributed by atoms with van der Waals surface area (Å²) in [7, 11) is 1.59. The van der Waals surface area contributed by atoms with Crippen LogP contribution in [-0.4, -0.2) is 55.4 Å².